The molecular weight excluding hydrogens is 300 g/mol. The molecule has 1 aliphatic rings. The number of hydrogen-bond acceptors (Lipinski definition) is 6. The van der Waals surface area contributed by atoms with Crippen LogP contribution in [0.25, 0.3) is 0 Å². The molecule has 0 radical (unpaired) electrons. The van der Waals surface area contributed by atoms with Crippen molar-refractivity contribution in [1.82, 2.24) is 4.98 Å². The summed E-state index contributed by atoms with van der Waals surface area (Å²) in [4.78, 5) is 4.42. The van der Waals surface area contributed by atoms with Crippen molar-refractivity contribution >= 4 is 8.32 Å². The largest absolute Gasteiger partial charge is 0.491 e. The quantitative estimate of drug-likeness (QED) is 0.774. The van der Waals surface area contributed by atoms with Gasteiger partial charge in [0.15, 0.2) is 19.8 Å². The molecule has 22 heavy (non-hydrogen) atoms. The number of pyridine rings is 1. The molecule has 7 heteroatoms. The van der Waals surface area contributed by atoms with Crippen molar-refractivity contribution < 1.29 is 18.6 Å². The molecular formula is C15H26N2O4Si. The predicted octanol–water partition coefficient (Wildman–Crippen LogP) is 2.11. The van der Waals surface area contributed by atoms with Crippen LogP contribution in [0.2, 0.25) is 19.6 Å². The highest BCUT2D eigenvalue weighted by atomic mass is 28.4. The molecule has 0 aromatic carbocycles. The first-order valence-corrected chi connectivity index (χ1v) is 11.0. The molecule has 0 bridgehead atoms. The lowest BCUT2D eigenvalue weighted by molar-refractivity contribution is 0.138. The van der Waals surface area contributed by atoms with Gasteiger partial charge in [0.05, 0.1) is 38.3 Å². The Kier molecular flexibility index (Phi) is 5.79. The minimum atomic E-state index is -1.71. The molecule has 1 saturated heterocycles. The standard InChI is InChI=1S/C15H26N2O4Si/c1-18-15-9-17-12(14(8-16)21-22(2,3)4)7-13(15)20-11-5-6-19-10-11/h7,9,11,14H,5-6,8,10,16H2,1-4H3. The summed E-state index contributed by atoms with van der Waals surface area (Å²) in [6, 6.07) is 1.87. The van der Waals surface area contributed by atoms with Crippen molar-refractivity contribution in [2.75, 3.05) is 26.9 Å². The number of nitrogens with two attached hydrogens (primary N) is 1. The summed E-state index contributed by atoms with van der Waals surface area (Å²) in [5, 5.41) is 0. The molecule has 2 atom stereocenters. The van der Waals surface area contributed by atoms with Gasteiger partial charge in [-0.1, -0.05) is 0 Å². The topological polar surface area (TPSA) is 75.8 Å². The van der Waals surface area contributed by atoms with Crippen LogP contribution in [-0.4, -0.2) is 46.3 Å². The molecule has 1 fully saturated rings. The van der Waals surface area contributed by atoms with Gasteiger partial charge < -0.3 is 24.4 Å². The van der Waals surface area contributed by atoms with E-state index in [4.69, 9.17) is 24.4 Å². The Balaban J connectivity index is 2.20. The third-order valence-electron chi connectivity index (χ3n) is 3.29. The van der Waals surface area contributed by atoms with E-state index in [9.17, 15) is 0 Å². The molecule has 0 aliphatic carbocycles. The highest BCUT2D eigenvalue weighted by Crippen LogP contribution is 2.32. The minimum Gasteiger partial charge on any atom is -0.491 e. The molecule has 2 unspecified atom stereocenters. The second-order valence-electron chi connectivity index (χ2n) is 6.32. The van der Waals surface area contributed by atoms with Gasteiger partial charge in [-0.15, -0.1) is 0 Å². The van der Waals surface area contributed by atoms with Crippen molar-refractivity contribution in [2.45, 2.75) is 38.3 Å². The van der Waals surface area contributed by atoms with E-state index in [1.165, 1.54) is 0 Å². The van der Waals surface area contributed by atoms with E-state index in [1.54, 1.807) is 13.3 Å². The average molecular weight is 326 g/mol. The third-order valence-corrected chi connectivity index (χ3v) is 4.29. The van der Waals surface area contributed by atoms with Crippen LogP contribution < -0.4 is 15.2 Å². The minimum absolute atomic E-state index is 0.0541. The number of methoxy groups -OCH3 is 1. The van der Waals surface area contributed by atoms with Crippen molar-refractivity contribution in [2.24, 2.45) is 5.73 Å². The van der Waals surface area contributed by atoms with Gasteiger partial charge in [-0.05, 0) is 19.6 Å². The van der Waals surface area contributed by atoms with Crippen LogP contribution in [0.1, 0.15) is 18.2 Å². The van der Waals surface area contributed by atoms with Crippen LogP contribution in [0.3, 0.4) is 0 Å². The van der Waals surface area contributed by atoms with Crippen molar-refractivity contribution in [3.8, 4) is 11.5 Å². The zero-order valence-electron chi connectivity index (χ0n) is 13.8. The smallest absolute Gasteiger partial charge is 0.184 e. The third kappa shape index (κ3) is 4.67. The lowest BCUT2D eigenvalue weighted by Crippen LogP contribution is -2.31. The lowest BCUT2D eigenvalue weighted by atomic mass is 10.2. The number of nitrogens with zero attached hydrogens (tertiary/aromatic N) is 1. The Bertz CT molecular complexity index is 487. The molecule has 6 nitrogen and oxygen atoms in total. The highest BCUT2D eigenvalue weighted by Gasteiger charge is 2.25. The maximum absolute atomic E-state index is 6.10. The van der Waals surface area contributed by atoms with Crippen LogP contribution in [0, 0.1) is 0 Å². The molecule has 124 valence electrons. The Hall–Kier alpha value is -1.15. The van der Waals surface area contributed by atoms with Crippen molar-refractivity contribution in [3.63, 3.8) is 0 Å². The Morgan fingerprint density at radius 3 is 2.73 bits per heavy atom. The summed E-state index contributed by atoms with van der Waals surface area (Å²) in [5.41, 5.74) is 6.64. The second-order valence-corrected chi connectivity index (χ2v) is 10.8. The molecule has 0 saturated carbocycles. The molecule has 1 aromatic heterocycles. The number of ether oxygens (including phenoxy) is 3. The Morgan fingerprint density at radius 2 is 2.18 bits per heavy atom. The molecule has 0 amide bonds. The van der Waals surface area contributed by atoms with Gasteiger partial charge in [0, 0.05) is 19.0 Å². The normalized spacial score (nSPS) is 20.0. The maximum Gasteiger partial charge on any atom is 0.184 e. The fraction of sp³-hybridized carbons (Fsp3) is 0.667. The van der Waals surface area contributed by atoms with Gasteiger partial charge >= 0.3 is 0 Å². The van der Waals surface area contributed by atoms with E-state index in [-0.39, 0.29) is 12.2 Å². The van der Waals surface area contributed by atoms with Crippen molar-refractivity contribution in [1.29, 1.82) is 0 Å². The predicted molar refractivity (Wildman–Crippen MR) is 86.9 cm³/mol. The zero-order chi connectivity index (χ0) is 16.2. The van der Waals surface area contributed by atoms with Gasteiger partial charge in [0.25, 0.3) is 0 Å². The Labute approximate surface area is 133 Å². The SMILES string of the molecule is COc1cnc(C(CN)O[Si](C)(C)C)cc1OC1CCOC1. The van der Waals surface area contributed by atoms with Crippen LogP contribution in [0.4, 0.5) is 0 Å². The summed E-state index contributed by atoms with van der Waals surface area (Å²) < 4.78 is 22.8. The summed E-state index contributed by atoms with van der Waals surface area (Å²) in [7, 11) is -0.106. The first kappa shape index (κ1) is 17.2. The highest BCUT2D eigenvalue weighted by molar-refractivity contribution is 6.69. The van der Waals surface area contributed by atoms with E-state index in [2.05, 4.69) is 24.6 Å². The first-order chi connectivity index (χ1) is 10.4. The van der Waals surface area contributed by atoms with Gasteiger partial charge in [0.2, 0.25) is 0 Å². The second kappa shape index (κ2) is 7.41. The van der Waals surface area contributed by atoms with Gasteiger partial charge in [-0.2, -0.15) is 0 Å². The zero-order valence-corrected chi connectivity index (χ0v) is 14.8. The van der Waals surface area contributed by atoms with E-state index in [0.717, 1.165) is 18.7 Å². The van der Waals surface area contributed by atoms with Crippen molar-refractivity contribution in [3.05, 3.63) is 18.0 Å². The maximum atomic E-state index is 6.10. The van der Waals surface area contributed by atoms with Crippen LogP contribution in [-0.2, 0) is 9.16 Å². The molecule has 2 heterocycles. The summed E-state index contributed by atoms with van der Waals surface area (Å²) in [6.07, 6.45) is 2.38. The summed E-state index contributed by atoms with van der Waals surface area (Å²) >= 11 is 0. The monoisotopic (exact) mass is 326 g/mol. The lowest BCUT2D eigenvalue weighted by Gasteiger charge is -2.25. The van der Waals surface area contributed by atoms with E-state index in [0.29, 0.717) is 24.7 Å². The van der Waals surface area contributed by atoms with E-state index < -0.39 is 8.32 Å². The molecule has 1 aliphatic heterocycles. The summed E-state index contributed by atoms with van der Waals surface area (Å²) in [5.74, 6) is 1.28. The number of aromatic nitrogens is 1. The first-order valence-electron chi connectivity index (χ1n) is 7.59. The van der Waals surface area contributed by atoms with Crippen LogP contribution in [0.15, 0.2) is 12.3 Å². The van der Waals surface area contributed by atoms with Gasteiger partial charge in [-0.3, -0.25) is 4.98 Å². The average Bonchev–Trinajstić information content (AvgIpc) is 2.96. The molecule has 2 rings (SSSR count). The number of rotatable bonds is 7. The van der Waals surface area contributed by atoms with E-state index >= 15 is 0 Å². The van der Waals surface area contributed by atoms with E-state index in [1.807, 2.05) is 6.07 Å². The van der Waals surface area contributed by atoms with Crippen LogP contribution >= 0.6 is 0 Å². The fourth-order valence-electron chi connectivity index (χ4n) is 2.30. The molecule has 2 N–H and O–H groups in total. The molecule has 1 aromatic rings. The van der Waals surface area contributed by atoms with Gasteiger partial charge in [0.1, 0.15) is 6.10 Å². The summed E-state index contributed by atoms with van der Waals surface area (Å²) in [6.45, 7) is 8.11. The number of hydrogen-bond donors (Lipinski definition) is 1. The fourth-order valence-corrected chi connectivity index (χ4v) is 3.37. The molecule has 0 spiro atoms. The van der Waals surface area contributed by atoms with Crippen LogP contribution in [0.5, 0.6) is 11.5 Å². The van der Waals surface area contributed by atoms with Gasteiger partial charge in [-0.25, -0.2) is 0 Å². The Morgan fingerprint density at radius 1 is 1.41 bits per heavy atom.